The van der Waals surface area contributed by atoms with Crippen molar-refractivity contribution in [2.45, 2.75) is 392 Å². The van der Waals surface area contributed by atoms with Crippen LogP contribution in [0.1, 0.15) is 386 Å². The van der Waals surface area contributed by atoms with Crippen LogP contribution in [0.2, 0.25) is 0 Å². The lowest BCUT2D eigenvalue weighted by Gasteiger charge is -2.19. The molecule has 0 rings (SSSR count). The molecule has 0 aromatic rings. The number of esters is 2. The zero-order valence-corrected chi connectivity index (χ0v) is 58.4. The number of phosphoric acid groups is 1. The molecule has 0 aliphatic rings. The van der Waals surface area contributed by atoms with Crippen molar-refractivity contribution in [3.05, 3.63) is 60.8 Å². The van der Waals surface area contributed by atoms with Crippen LogP contribution in [0.4, 0.5) is 0 Å². The standard InChI is InChI=1S/C77H144NO8P/c1-3-5-7-9-11-13-15-17-19-21-23-25-27-29-30-31-32-33-34-35-36-37-38-39-40-41-42-43-44-46-48-50-52-54-56-58-60-62-64-66-68-70-77(80)86-75(74-85-87(81,82)84-72-71-78)73-83-76(79)69-67-65-63-61-59-57-55-53-51-49-47-45-28-26-24-22-20-18-16-14-12-10-8-6-4-2/h5,7,11,13,17,19,23,25,29-30,75H,3-4,6,8-10,12,14-16,18,20-22,24,26-28,31-74,78H2,1-2H3,(H,81,82)/b7-5-,13-11-,19-17-,25-23-,30-29-. The molecule has 510 valence electrons. The molecule has 0 heterocycles. The molecule has 0 fully saturated rings. The molecular formula is C77H144NO8P. The SMILES string of the molecule is CC/C=C\C/C=C\C/C=C\C/C=C\C/C=C\CCCCCCCCCCCCCCCCCCCCCCCCCCCC(=O)OC(COC(=O)CCCCCCCCCCCCCCCCCCCCCCCCCCC)COP(=O)(O)OCCN. The van der Waals surface area contributed by atoms with Gasteiger partial charge in [-0.2, -0.15) is 0 Å². The first-order chi connectivity index (χ1) is 42.8. The molecule has 10 heteroatoms. The molecule has 3 N–H and O–H groups in total. The van der Waals surface area contributed by atoms with Crippen LogP contribution in [0.3, 0.4) is 0 Å². The Labute approximate surface area is 539 Å². The van der Waals surface area contributed by atoms with Crippen LogP contribution in [0.5, 0.6) is 0 Å². The minimum atomic E-state index is -4.39. The lowest BCUT2D eigenvalue weighted by Crippen LogP contribution is -2.29. The highest BCUT2D eigenvalue weighted by molar-refractivity contribution is 7.47. The van der Waals surface area contributed by atoms with Crippen molar-refractivity contribution in [1.82, 2.24) is 0 Å². The molecule has 0 saturated carbocycles. The Hall–Kier alpha value is -2.29. The number of rotatable bonds is 72. The summed E-state index contributed by atoms with van der Waals surface area (Å²) in [7, 11) is -4.39. The van der Waals surface area contributed by atoms with E-state index in [4.69, 9.17) is 24.3 Å². The van der Waals surface area contributed by atoms with E-state index in [0.717, 1.165) is 64.2 Å². The van der Waals surface area contributed by atoms with Crippen LogP contribution < -0.4 is 5.73 Å². The van der Waals surface area contributed by atoms with Gasteiger partial charge in [-0.05, 0) is 57.8 Å². The smallest absolute Gasteiger partial charge is 0.462 e. The highest BCUT2D eigenvalue weighted by Gasteiger charge is 2.26. The maximum Gasteiger partial charge on any atom is 0.472 e. The van der Waals surface area contributed by atoms with Crippen molar-refractivity contribution in [2.75, 3.05) is 26.4 Å². The van der Waals surface area contributed by atoms with E-state index in [0.29, 0.717) is 6.42 Å². The maximum absolute atomic E-state index is 12.8. The van der Waals surface area contributed by atoms with Gasteiger partial charge in [-0.25, -0.2) is 4.57 Å². The van der Waals surface area contributed by atoms with E-state index in [1.54, 1.807) is 0 Å². The van der Waals surface area contributed by atoms with E-state index >= 15 is 0 Å². The molecule has 0 bridgehead atoms. The molecule has 0 aromatic carbocycles. The van der Waals surface area contributed by atoms with Crippen molar-refractivity contribution in [2.24, 2.45) is 5.73 Å². The van der Waals surface area contributed by atoms with E-state index < -0.39 is 26.5 Å². The zero-order valence-electron chi connectivity index (χ0n) is 57.5. The first-order valence-corrected chi connectivity index (χ1v) is 39.3. The second-order valence-electron chi connectivity index (χ2n) is 25.5. The fraction of sp³-hybridized carbons (Fsp3) is 0.844. The summed E-state index contributed by atoms with van der Waals surface area (Å²) in [6, 6.07) is 0. The highest BCUT2D eigenvalue weighted by atomic mass is 31.2. The molecule has 0 spiro atoms. The predicted octanol–water partition coefficient (Wildman–Crippen LogP) is 25.0. The van der Waals surface area contributed by atoms with Gasteiger partial charge in [0.15, 0.2) is 6.10 Å². The fourth-order valence-corrected chi connectivity index (χ4v) is 12.1. The van der Waals surface area contributed by atoms with Gasteiger partial charge in [-0.15, -0.1) is 0 Å². The topological polar surface area (TPSA) is 134 Å². The zero-order chi connectivity index (χ0) is 63.0. The van der Waals surface area contributed by atoms with Crippen molar-refractivity contribution in [3.8, 4) is 0 Å². The largest absolute Gasteiger partial charge is 0.472 e. The van der Waals surface area contributed by atoms with E-state index in [-0.39, 0.29) is 38.6 Å². The van der Waals surface area contributed by atoms with Crippen molar-refractivity contribution in [1.29, 1.82) is 0 Å². The number of carbonyl (C=O) groups is 2. The molecule has 0 aromatic heterocycles. The van der Waals surface area contributed by atoms with Gasteiger partial charge >= 0.3 is 19.8 Å². The molecule has 2 atom stereocenters. The van der Waals surface area contributed by atoms with Gasteiger partial charge in [0.05, 0.1) is 13.2 Å². The van der Waals surface area contributed by atoms with Gasteiger partial charge < -0.3 is 20.1 Å². The molecule has 0 amide bonds. The minimum absolute atomic E-state index is 0.0562. The summed E-state index contributed by atoms with van der Waals surface area (Å²) in [5, 5.41) is 0. The predicted molar refractivity (Wildman–Crippen MR) is 376 cm³/mol. The van der Waals surface area contributed by atoms with Gasteiger partial charge in [0.1, 0.15) is 6.61 Å². The third-order valence-electron chi connectivity index (χ3n) is 16.9. The number of hydrogen-bond acceptors (Lipinski definition) is 8. The van der Waals surface area contributed by atoms with Crippen LogP contribution in [-0.2, 0) is 32.7 Å². The van der Waals surface area contributed by atoms with Crippen molar-refractivity contribution in [3.63, 3.8) is 0 Å². The summed E-state index contributed by atoms with van der Waals surface area (Å²) in [5.74, 6) is -0.802. The summed E-state index contributed by atoms with van der Waals surface area (Å²) >= 11 is 0. The molecule has 87 heavy (non-hydrogen) atoms. The van der Waals surface area contributed by atoms with Gasteiger partial charge in [0, 0.05) is 19.4 Å². The van der Waals surface area contributed by atoms with Crippen LogP contribution in [0, 0.1) is 0 Å². The monoisotopic (exact) mass is 1240 g/mol. The van der Waals surface area contributed by atoms with Gasteiger partial charge in [-0.1, -0.05) is 376 Å². The van der Waals surface area contributed by atoms with Gasteiger partial charge in [-0.3, -0.25) is 18.6 Å². The highest BCUT2D eigenvalue weighted by Crippen LogP contribution is 2.43. The van der Waals surface area contributed by atoms with Gasteiger partial charge in [0.25, 0.3) is 0 Å². The summed E-state index contributed by atoms with van der Waals surface area (Å²) in [6.07, 6.45) is 94.9. The Kier molecular flexibility index (Phi) is 70.9. The Morgan fingerprint density at radius 1 is 0.356 bits per heavy atom. The van der Waals surface area contributed by atoms with Crippen LogP contribution in [0.15, 0.2) is 60.8 Å². The molecule has 2 unspecified atom stereocenters. The van der Waals surface area contributed by atoms with E-state index in [1.807, 2.05) is 0 Å². The molecule has 0 radical (unpaired) electrons. The van der Waals surface area contributed by atoms with Crippen LogP contribution in [0.25, 0.3) is 0 Å². The second kappa shape index (κ2) is 72.8. The first-order valence-electron chi connectivity index (χ1n) is 37.8. The molecule has 0 aliphatic heterocycles. The number of hydrogen-bond donors (Lipinski definition) is 2. The molecule has 9 nitrogen and oxygen atoms in total. The number of nitrogens with two attached hydrogens (primary N) is 1. The fourth-order valence-electron chi connectivity index (χ4n) is 11.4. The van der Waals surface area contributed by atoms with Crippen molar-refractivity contribution >= 4 is 19.8 Å². The molecular weight excluding hydrogens is 1100 g/mol. The second-order valence-corrected chi connectivity index (χ2v) is 27.0. The number of unbranched alkanes of at least 4 members (excludes halogenated alkanes) is 49. The Morgan fingerprint density at radius 2 is 0.632 bits per heavy atom. The Balaban J connectivity index is 3.75. The lowest BCUT2D eigenvalue weighted by molar-refractivity contribution is -0.161. The minimum Gasteiger partial charge on any atom is -0.462 e. The van der Waals surface area contributed by atoms with E-state index in [9.17, 15) is 19.0 Å². The number of carbonyl (C=O) groups excluding carboxylic acids is 2. The summed E-state index contributed by atoms with van der Waals surface area (Å²) in [6.45, 7) is 3.71. The summed E-state index contributed by atoms with van der Waals surface area (Å²) in [4.78, 5) is 35.4. The van der Waals surface area contributed by atoms with Crippen LogP contribution in [-0.4, -0.2) is 49.3 Å². The average molecular weight is 1240 g/mol. The van der Waals surface area contributed by atoms with E-state index in [1.165, 1.54) is 289 Å². The van der Waals surface area contributed by atoms with Crippen molar-refractivity contribution < 1.29 is 37.6 Å². The Bertz CT molecular complexity index is 1610. The number of allylic oxidation sites excluding steroid dienone is 10. The average Bonchev–Trinajstić information content (AvgIpc) is 3.65. The maximum atomic E-state index is 12.8. The summed E-state index contributed by atoms with van der Waals surface area (Å²) in [5.41, 5.74) is 5.41. The van der Waals surface area contributed by atoms with Gasteiger partial charge in [0.2, 0.25) is 0 Å². The number of ether oxygens (including phenoxy) is 2. The first kappa shape index (κ1) is 84.7. The lowest BCUT2D eigenvalue weighted by atomic mass is 10.0. The number of phosphoric ester groups is 1. The van der Waals surface area contributed by atoms with E-state index in [2.05, 4.69) is 74.6 Å². The third kappa shape index (κ3) is 72.6. The third-order valence-corrected chi connectivity index (χ3v) is 17.9. The van der Waals surface area contributed by atoms with Crippen LogP contribution >= 0.6 is 7.82 Å². The molecule has 0 saturated heterocycles. The molecule has 0 aliphatic carbocycles. The summed E-state index contributed by atoms with van der Waals surface area (Å²) < 4.78 is 33.2. The normalized spacial score (nSPS) is 13.2. The quantitative estimate of drug-likeness (QED) is 0.0264. The Morgan fingerprint density at radius 3 is 0.943 bits per heavy atom.